The Balaban J connectivity index is 2.19. The van der Waals surface area contributed by atoms with Crippen LogP contribution < -0.4 is 5.32 Å². The van der Waals surface area contributed by atoms with Crippen LogP contribution in [-0.2, 0) is 11.8 Å². The lowest BCUT2D eigenvalue weighted by Gasteiger charge is -2.14. The molecule has 0 unspecified atom stereocenters. The van der Waals surface area contributed by atoms with E-state index in [0.29, 0.717) is 5.95 Å². The third-order valence-electron chi connectivity index (χ3n) is 2.89. The Hall–Kier alpha value is -1.49. The van der Waals surface area contributed by atoms with Crippen LogP contribution >= 0.6 is 11.3 Å². The Bertz CT molecular complexity index is 584. The Morgan fingerprint density at radius 1 is 1.20 bits per heavy atom. The Labute approximate surface area is 124 Å². The quantitative estimate of drug-likeness (QED) is 0.935. The van der Waals surface area contributed by atoms with Gasteiger partial charge in [0, 0.05) is 29.5 Å². The fourth-order valence-corrected chi connectivity index (χ4v) is 2.89. The van der Waals surface area contributed by atoms with Crippen molar-refractivity contribution >= 4 is 17.3 Å². The van der Waals surface area contributed by atoms with Gasteiger partial charge >= 0.3 is 0 Å². The number of aryl methyl sites for hydroxylation is 1. The van der Waals surface area contributed by atoms with Gasteiger partial charge in [-0.2, -0.15) is 0 Å². The maximum absolute atomic E-state index is 4.72. The summed E-state index contributed by atoms with van der Waals surface area (Å²) in [5, 5.41) is 6.42. The first-order valence-electron chi connectivity index (χ1n) is 6.92. The highest BCUT2D eigenvalue weighted by Gasteiger charge is 2.17. The molecule has 2 aromatic heterocycles. The maximum atomic E-state index is 4.72. The topological polar surface area (TPSA) is 50.7 Å². The summed E-state index contributed by atoms with van der Waals surface area (Å²) in [7, 11) is 0. The highest BCUT2D eigenvalue weighted by atomic mass is 32.1. The number of aromatic nitrogens is 3. The van der Waals surface area contributed by atoms with Crippen LogP contribution in [0.3, 0.4) is 0 Å². The van der Waals surface area contributed by atoms with E-state index in [0.717, 1.165) is 35.1 Å². The molecule has 0 radical (unpaired) electrons. The van der Waals surface area contributed by atoms with Gasteiger partial charge in [0.25, 0.3) is 0 Å². The second-order valence-electron chi connectivity index (χ2n) is 5.91. The molecule has 0 aliphatic heterocycles. The normalized spacial score (nSPS) is 11.7. The fourth-order valence-electron chi connectivity index (χ4n) is 1.85. The minimum Gasteiger partial charge on any atom is -0.354 e. The van der Waals surface area contributed by atoms with Crippen molar-refractivity contribution in [2.75, 3.05) is 11.9 Å². The van der Waals surface area contributed by atoms with E-state index in [1.807, 2.05) is 19.9 Å². The first-order chi connectivity index (χ1) is 9.38. The molecular weight excluding hydrogens is 268 g/mol. The zero-order valence-corrected chi connectivity index (χ0v) is 13.6. The third kappa shape index (κ3) is 3.76. The summed E-state index contributed by atoms with van der Waals surface area (Å²) in [6.45, 7) is 11.4. The maximum Gasteiger partial charge on any atom is 0.223 e. The largest absolute Gasteiger partial charge is 0.354 e. The van der Waals surface area contributed by atoms with E-state index >= 15 is 0 Å². The van der Waals surface area contributed by atoms with Gasteiger partial charge in [0.15, 0.2) is 0 Å². The monoisotopic (exact) mass is 290 g/mol. The number of hydrogen-bond acceptors (Lipinski definition) is 5. The van der Waals surface area contributed by atoms with E-state index in [1.54, 1.807) is 11.3 Å². The molecule has 20 heavy (non-hydrogen) atoms. The highest BCUT2D eigenvalue weighted by molar-refractivity contribution is 7.09. The predicted molar refractivity (Wildman–Crippen MR) is 84.6 cm³/mol. The minimum absolute atomic E-state index is 0.102. The molecule has 0 atom stereocenters. The van der Waals surface area contributed by atoms with Gasteiger partial charge in [0.05, 0.1) is 16.4 Å². The van der Waals surface area contributed by atoms with Gasteiger partial charge in [-0.25, -0.2) is 15.0 Å². The summed E-state index contributed by atoms with van der Waals surface area (Å²) >= 11 is 1.70. The van der Waals surface area contributed by atoms with E-state index < -0.39 is 0 Å². The molecule has 0 saturated carbocycles. The van der Waals surface area contributed by atoms with Gasteiger partial charge < -0.3 is 5.32 Å². The van der Waals surface area contributed by atoms with Gasteiger partial charge in [0.2, 0.25) is 5.95 Å². The van der Waals surface area contributed by atoms with Gasteiger partial charge in [-0.3, -0.25) is 0 Å². The van der Waals surface area contributed by atoms with Crippen LogP contribution in [-0.4, -0.2) is 21.5 Å². The molecule has 5 heteroatoms. The summed E-state index contributed by atoms with van der Waals surface area (Å²) in [4.78, 5) is 13.6. The van der Waals surface area contributed by atoms with Gasteiger partial charge in [0.1, 0.15) is 0 Å². The molecule has 2 aromatic rings. The summed E-state index contributed by atoms with van der Waals surface area (Å²) < 4.78 is 0. The number of rotatable bonds is 4. The van der Waals surface area contributed by atoms with Crippen LogP contribution in [0.5, 0.6) is 0 Å². The molecule has 0 aliphatic carbocycles. The van der Waals surface area contributed by atoms with Crippen molar-refractivity contribution in [3.8, 4) is 0 Å². The molecule has 1 N–H and O–H groups in total. The van der Waals surface area contributed by atoms with Crippen molar-refractivity contribution in [1.29, 1.82) is 0 Å². The van der Waals surface area contributed by atoms with Crippen molar-refractivity contribution in [2.24, 2.45) is 0 Å². The van der Waals surface area contributed by atoms with Gasteiger partial charge in [-0.1, -0.05) is 20.8 Å². The van der Waals surface area contributed by atoms with E-state index in [9.17, 15) is 0 Å². The lowest BCUT2D eigenvalue weighted by atomic mass is 9.93. The average molecular weight is 290 g/mol. The molecule has 2 rings (SSSR count). The standard InChI is InChI=1S/C15H22N4S/c1-6-16-14-17-10(2)7-11(18-14)8-13-19-12(9-20-13)15(3,4)5/h7,9H,6,8H2,1-5H3,(H,16,17,18). The number of thiazole rings is 1. The van der Waals surface area contributed by atoms with Gasteiger partial charge in [-0.05, 0) is 19.9 Å². The lowest BCUT2D eigenvalue weighted by molar-refractivity contribution is 0.571. The Morgan fingerprint density at radius 3 is 2.55 bits per heavy atom. The van der Waals surface area contributed by atoms with Gasteiger partial charge in [-0.15, -0.1) is 11.3 Å². The lowest BCUT2D eigenvalue weighted by Crippen LogP contribution is -2.11. The van der Waals surface area contributed by atoms with Crippen LogP contribution in [0, 0.1) is 6.92 Å². The van der Waals surface area contributed by atoms with Crippen molar-refractivity contribution in [3.05, 3.63) is 33.5 Å². The molecule has 0 saturated heterocycles. The summed E-state index contributed by atoms with van der Waals surface area (Å²) in [6, 6.07) is 2.03. The molecule has 108 valence electrons. The van der Waals surface area contributed by atoms with E-state index in [4.69, 9.17) is 4.98 Å². The summed E-state index contributed by atoms with van der Waals surface area (Å²) in [6.07, 6.45) is 0.766. The van der Waals surface area contributed by atoms with Crippen molar-refractivity contribution < 1.29 is 0 Å². The molecule has 0 amide bonds. The molecule has 0 spiro atoms. The van der Waals surface area contributed by atoms with Crippen LogP contribution in [0.25, 0.3) is 0 Å². The second kappa shape index (κ2) is 5.87. The number of nitrogens with zero attached hydrogens (tertiary/aromatic N) is 3. The zero-order valence-electron chi connectivity index (χ0n) is 12.8. The van der Waals surface area contributed by atoms with Crippen LogP contribution in [0.4, 0.5) is 5.95 Å². The van der Waals surface area contributed by atoms with Crippen molar-refractivity contribution in [3.63, 3.8) is 0 Å². The SMILES string of the molecule is CCNc1nc(C)cc(Cc2nc(C(C)(C)C)cs2)n1. The van der Waals surface area contributed by atoms with Crippen LogP contribution in [0.1, 0.15) is 49.8 Å². The average Bonchev–Trinajstić information content (AvgIpc) is 2.76. The first-order valence-corrected chi connectivity index (χ1v) is 7.79. The first kappa shape index (κ1) is 14.9. The number of anilines is 1. The molecule has 0 aliphatic rings. The van der Waals surface area contributed by atoms with Crippen LogP contribution in [0.2, 0.25) is 0 Å². The molecule has 2 heterocycles. The fraction of sp³-hybridized carbons (Fsp3) is 0.533. The van der Waals surface area contributed by atoms with E-state index in [-0.39, 0.29) is 5.41 Å². The predicted octanol–water partition coefficient (Wildman–Crippen LogP) is 3.56. The second-order valence-corrected chi connectivity index (χ2v) is 6.85. The molecule has 4 nitrogen and oxygen atoms in total. The molecule has 0 aromatic carbocycles. The Kier molecular flexibility index (Phi) is 4.38. The summed E-state index contributed by atoms with van der Waals surface area (Å²) in [5.41, 5.74) is 3.25. The molecular formula is C15H22N4S. The molecule has 0 fully saturated rings. The molecule has 0 bridgehead atoms. The Morgan fingerprint density at radius 2 is 1.95 bits per heavy atom. The number of nitrogens with one attached hydrogen (secondary N) is 1. The highest BCUT2D eigenvalue weighted by Crippen LogP contribution is 2.25. The van der Waals surface area contributed by atoms with E-state index in [2.05, 4.69) is 41.4 Å². The summed E-state index contributed by atoms with van der Waals surface area (Å²) in [5.74, 6) is 0.704. The van der Waals surface area contributed by atoms with Crippen molar-refractivity contribution in [2.45, 2.75) is 46.5 Å². The van der Waals surface area contributed by atoms with E-state index in [1.165, 1.54) is 0 Å². The van der Waals surface area contributed by atoms with Crippen LogP contribution in [0.15, 0.2) is 11.4 Å². The third-order valence-corrected chi connectivity index (χ3v) is 3.74. The smallest absolute Gasteiger partial charge is 0.223 e. The zero-order chi connectivity index (χ0) is 14.8. The minimum atomic E-state index is 0.102. The number of hydrogen-bond donors (Lipinski definition) is 1. The van der Waals surface area contributed by atoms with Crippen molar-refractivity contribution in [1.82, 2.24) is 15.0 Å².